The molecule has 1 fully saturated rings. The Bertz CT molecular complexity index is 752. The Hall–Kier alpha value is -2.10. The SMILES string of the molecule is CC(=O)c1c(C)n(CC(=O)N2CCC(C)CC2)c2ccccc12. The molecule has 0 aliphatic carbocycles. The Labute approximate surface area is 137 Å². The van der Waals surface area contributed by atoms with Crippen LogP contribution in [0.4, 0.5) is 0 Å². The molecule has 0 radical (unpaired) electrons. The van der Waals surface area contributed by atoms with Crippen molar-refractivity contribution in [1.29, 1.82) is 0 Å². The lowest BCUT2D eigenvalue weighted by molar-refractivity contribution is -0.133. The highest BCUT2D eigenvalue weighted by Crippen LogP contribution is 2.26. The van der Waals surface area contributed by atoms with E-state index in [1.807, 2.05) is 40.7 Å². The van der Waals surface area contributed by atoms with Crippen molar-refractivity contribution in [2.75, 3.05) is 13.1 Å². The summed E-state index contributed by atoms with van der Waals surface area (Å²) in [6.07, 6.45) is 2.16. The van der Waals surface area contributed by atoms with Crippen LogP contribution in [0.25, 0.3) is 10.9 Å². The zero-order chi connectivity index (χ0) is 16.6. The third kappa shape index (κ3) is 2.90. The predicted octanol–water partition coefficient (Wildman–Crippen LogP) is 3.41. The number of ketones is 1. The molecule has 0 bridgehead atoms. The molecule has 4 nitrogen and oxygen atoms in total. The van der Waals surface area contributed by atoms with E-state index in [9.17, 15) is 9.59 Å². The molecule has 3 rings (SSSR count). The van der Waals surface area contributed by atoms with Crippen molar-refractivity contribution < 1.29 is 9.59 Å². The van der Waals surface area contributed by atoms with E-state index in [0.29, 0.717) is 12.5 Å². The molecule has 1 aromatic heterocycles. The Morgan fingerprint density at radius 3 is 2.48 bits per heavy atom. The Morgan fingerprint density at radius 2 is 1.83 bits per heavy atom. The summed E-state index contributed by atoms with van der Waals surface area (Å²) < 4.78 is 1.99. The zero-order valence-corrected chi connectivity index (χ0v) is 14.1. The van der Waals surface area contributed by atoms with Crippen molar-refractivity contribution in [1.82, 2.24) is 9.47 Å². The first-order valence-corrected chi connectivity index (χ1v) is 8.35. The van der Waals surface area contributed by atoms with E-state index >= 15 is 0 Å². The van der Waals surface area contributed by atoms with E-state index in [1.165, 1.54) is 0 Å². The van der Waals surface area contributed by atoms with Gasteiger partial charge in [-0.1, -0.05) is 25.1 Å². The van der Waals surface area contributed by atoms with Crippen molar-refractivity contribution in [3.05, 3.63) is 35.5 Å². The number of carbonyl (C=O) groups is 2. The van der Waals surface area contributed by atoms with E-state index in [-0.39, 0.29) is 11.7 Å². The van der Waals surface area contributed by atoms with Gasteiger partial charge in [0.05, 0.1) is 0 Å². The van der Waals surface area contributed by atoms with Crippen LogP contribution in [0.3, 0.4) is 0 Å². The first-order chi connectivity index (χ1) is 11.0. The summed E-state index contributed by atoms with van der Waals surface area (Å²) in [6, 6.07) is 7.84. The standard InChI is InChI=1S/C19H24N2O2/c1-13-8-10-20(11-9-13)18(23)12-21-14(2)19(15(3)22)16-6-4-5-7-17(16)21/h4-7,13H,8-12H2,1-3H3. The minimum atomic E-state index is 0.0525. The van der Waals surface area contributed by atoms with Gasteiger partial charge in [0, 0.05) is 35.2 Å². The number of Topliss-reactive ketones (excluding diaryl/α,β-unsaturated/α-hetero) is 1. The quantitative estimate of drug-likeness (QED) is 0.815. The van der Waals surface area contributed by atoms with Gasteiger partial charge in [-0.05, 0) is 38.7 Å². The topological polar surface area (TPSA) is 42.3 Å². The number of aromatic nitrogens is 1. The third-order valence-electron chi connectivity index (χ3n) is 5.01. The molecule has 4 heteroatoms. The van der Waals surface area contributed by atoms with Crippen molar-refractivity contribution in [3.63, 3.8) is 0 Å². The minimum Gasteiger partial charge on any atom is -0.341 e. The Balaban J connectivity index is 1.92. The maximum atomic E-state index is 12.7. The largest absolute Gasteiger partial charge is 0.341 e. The second-order valence-corrected chi connectivity index (χ2v) is 6.68. The fourth-order valence-electron chi connectivity index (χ4n) is 3.57. The molecule has 2 heterocycles. The number of nitrogens with zero attached hydrogens (tertiary/aromatic N) is 2. The molecular formula is C19H24N2O2. The number of para-hydroxylation sites is 1. The van der Waals surface area contributed by atoms with Gasteiger partial charge >= 0.3 is 0 Å². The summed E-state index contributed by atoms with van der Waals surface area (Å²) in [7, 11) is 0. The summed E-state index contributed by atoms with van der Waals surface area (Å²) in [5.74, 6) is 0.907. The number of likely N-dealkylation sites (tertiary alicyclic amines) is 1. The predicted molar refractivity (Wildman–Crippen MR) is 91.7 cm³/mol. The summed E-state index contributed by atoms with van der Waals surface area (Å²) >= 11 is 0. The zero-order valence-electron chi connectivity index (χ0n) is 14.1. The van der Waals surface area contributed by atoms with Gasteiger partial charge in [0.15, 0.2) is 5.78 Å². The number of hydrogen-bond donors (Lipinski definition) is 0. The molecule has 0 saturated carbocycles. The van der Waals surface area contributed by atoms with Crippen LogP contribution in [0, 0.1) is 12.8 Å². The van der Waals surface area contributed by atoms with Gasteiger partial charge in [0.25, 0.3) is 0 Å². The number of fused-ring (bicyclic) bond motifs is 1. The number of carbonyl (C=O) groups excluding carboxylic acids is 2. The molecule has 0 N–H and O–H groups in total. The average molecular weight is 312 g/mol. The van der Waals surface area contributed by atoms with Crippen LogP contribution < -0.4 is 0 Å². The van der Waals surface area contributed by atoms with Crippen molar-refractivity contribution in [2.45, 2.75) is 40.2 Å². The Kier molecular flexibility index (Phi) is 4.24. The lowest BCUT2D eigenvalue weighted by atomic mass is 9.99. The van der Waals surface area contributed by atoms with Crippen LogP contribution in [0.15, 0.2) is 24.3 Å². The van der Waals surface area contributed by atoms with Crippen LogP contribution in [0.5, 0.6) is 0 Å². The monoisotopic (exact) mass is 312 g/mol. The second-order valence-electron chi connectivity index (χ2n) is 6.68. The maximum Gasteiger partial charge on any atom is 0.242 e. The van der Waals surface area contributed by atoms with Crippen LogP contribution in [0.1, 0.15) is 42.7 Å². The first kappa shape index (κ1) is 15.8. The second kappa shape index (κ2) is 6.19. The third-order valence-corrected chi connectivity index (χ3v) is 5.01. The van der Waals surface area contributed by atoms with Gasteiger partial charge in [-0.15, -0.1) is 0 Å². The van der Waals surface area contributed by atoms with Crippen LogP contribution in [-0.2, 0) is 11.3 Å². The fraction of sp³-hybridized carbons (Fsp3) is 0.474. The smallest absolute Gasteiger partial charge is 0.242 e. The van der Waals surface area contributed by atoms with Crippen molar-refractivity contribution in [2.24, 2.45) is 5.92 Å². The highest BCUT2D eigenvalue weighted by Gasteiger charge is 2.23. The van der Waals surface area contributed by atoms with Crippen molar-refractivity contribution >= 4 is 22.6 Å². The minimum absolute atomic E-state index is 0.0525. The Morgan fingerprint density at radius 1 is 1.17 bits per heavy atom. The molecule has 0 spiro atoms. The van der Waals surface area contributed by atoms with Crippen LogP contribution >= 0.6 is 0 Å². The van der Waals surface area contributed by atoms with E-state index in [4.69, 9.17) is 0 Å². The molecule has 1 aliphatic rings. The van der Waals surface area contributed by atoms with Gasteiger partial charge in [0.1, 0.15) is 6.54 Å². The highest BCUT2D eigenvalue weighted by atomic mass is 16.2. The van der Waals surface area contributed by atoms with Gasteiger partial charge in [-0.2, -0.15) is 0 Å². The lowest BCUT2D eigenvalue weighted by Crippen LogP contribution is -2.39. The molecule has 1 aliphatic heterocycles. The molecule has 2 aromatic rings. The number of piperidine rings is 1. The van der Waals surface area contributed by atoms with Crippen LogP contribution in [0.2, 0.25) is 0 Å². The summed E-state index contributed by atoms with van der Waals surface area (Å²) in [5.41, 5.74) is 2.59. The summed E-state index contributed by atoms with van der Waals surface area (Å²) in [4.78, 5) is 26.6. The number of benzene rings is 1. The van der Waals surface area contributed by atoms with E-state index < -0.39 is 0 Å². The van der Waals surface area contributed by atoms with Gasteiger partial charge in [-0.3, -0.25) is 9.59 Å². The summed E-state index contributed by atoms with van der Waals surface area (Å²) in [5, 5.41) is 0.942. The molecular weight excluding hydrogens is 288 g/mol. The van der Waals surface area contributed by atoms with Crippen molar-refractivity contribution in [3.8, 4) is 0 Å². The number of rotatable bonds is 3. The molecule has 23 heavy (non-hydrogen) atoms. The maximum absolute atomic E-state index is 12.7. The molecule has 1 amide bonds. The molecule has 1 saturated heterocycles. The van der Waals surface area contributed by atoms with Crippen LogP contribution in [-0.4, -0.2) is 34.2 Å². The normalized spacial score (nSPS) is 16.0. The average Bonchev–Trinajstić information content (AvgIpc) is 2.80. The van der Waals surface area contributed by atoms with Gasteiger partial charge in [-0.25, -0.2) is 0 Å². The molecule has 122 valence electrons. The van der Waals surface area contributed by atoms with Gasteiger partial charge in [0.2, 0.25) is 5.91 Å². The van der Waals surface area contributed by atoms with E-state index in [1.54, 1.807) is 6.92 Å². The lowest BCUT2D eigenvalue weighted by Gasteiger charge is -2.30. The molecule has 0 unspecified atom stereocenters. The first-order valence-electron chi connectivity index (χ1n) is 8.35. The fourth-order valence-corrected chi connectivity index (χ4v) is 3.57. The number of hydrogen-bond acceptors (Lipinski definition) is 2. The van der Waals surface area contributed by atoms with E-state index in [2.05, 4.69) is 6.92 Å². The van der Waals surface area contributed by atoms with E-state index in [0.717, 1.165) is 48.1 Å². The molecule has 1 aromatic carbocycles. The molecule has 0 atom stereocenters. The summed E-state index contributed by atoms with van der Waals surface area (Å²) in [6.45, 7) is 7.77. The highest BCUT2D eigenvalue weighted by molar-refractivity contribution is 6.08. The van der Waals surface area contributed by atoms with Gasteiger partial charge < -0.3 is 9.47 Å². The number of amides is 1.